The number of benzene rings is 1. The summed E-state index contributed by atoms with van der Waals surface area (Å²) >= 11 is 0. The first-order valence-electron chi connectivity index (χ1n) is 13.2. The molecule has 0 saturated carbocycles. The molecule has 0 N–H and O–H groups in total. The van der Waals surface area contributed by atoms with Crippen molar-refractivity contribution in [1.82, 2.24) is 9.21 Å². The molecule has 37 heavy (non-hydrogen) atoms. The first-order valence-corrected chi connectivity index (χ1v) is 14.6. The van der Waals surface area contributed by atoms with E-state index in [2.05, 4.69) is 0 Å². The van der Waals surface area contributed by atoms with Gasteiger partial charge in [0.1, 0.15) is 12.4 Å². The molecule has 3 saturated heterocycles. The molecule has 1 atom stereocenters. The molecule has 208 valence electrons. The number of morpholine rings is 1. The Morgan fingerprint density at radius 1 is 1.08 bits per heavy atom. The van der Waals surface area contributed by atoms with Gasteiger partial charge in [0.25, 0.3) is 0 Å². The molecule has 10 heteroatoms. The molecular formula is C27H42N2O7S. The van der Waals surface area contributed by atoms with Gasteiger partial charge in [-0.25, -0.2) is 8.42 Å². The average Bonchev–Trinajstić information content (AvgIpc) is 2.85. The number of ether oxygens (including phenoxy) is 4. The van der Waals surface area contributed by atoms with Crippen molar-refractivity contribution in [3.8, 4) is 5.75 Å². The maximum Gasteiger partial charge on any atom is 0.248 e. The Morgan fingerprint density at radius 2 is 1.70 bits per heavy atom. The fourth-order valence-electron chi connectivity index (χ4n) is 5.83. The van der Waals surface area contributed by atoms with E-state index in [1.54, 1.807) is 33.1 Å². The molecular weight excluding hydrogens is 496 g/mol. The topological polar surface area (TPSA) is 94.6 Å². The van der Waals surface area contributed by atoms with E-state index < -0.39 is 21.7 Å². The van der Waals surface area contributed by atoms with Crippen LogP contribution in [0, 0.1) is 19.3 Å². The third-order valence-corrected chi connectivity index (χ3v) is 10.3. The van der Waals surface area contributed by atoms with Crippen LogP contribution in [-0.2, 0) is 29.0 Å². The van der Waals surface area contributed by atoms with Gasteiger partial charge in [0, 0.05) is 32.8 Å². The quantitative estimate of drug-likeness (QED) is 0.527. The monoisotopic (exact) mass is 538 g/mol. The standard InChI is InChI=1S/C27H42N2O7S/c1-20-14-23(33-5)15-21(2)25(20)37(31,32)29-19-26(3,4)36-17-22(29)16-35-18-24(30)28-10-6-27(7-11-28)8-12-34-13-9-27/h14-15,22H,6-13,16-19H2,1-5H3/t22-/m1/s1. The zero-order chi connectivity index (χ0) is 26.8. The van der Waals surface area contributed by atoms with Gasteiger partial charge >= 0.3 is 0 Å². The van der Waals surface area contributed by atoms with E-state index in [1.165, 1.54) is 4.31 Å². The van der Waals surface area contributed by atoms with Gasteiger partial charge in [0.05, 0.1) is 36.9 Å². The number of carbonyl (C=O) groups is 1. The molecule has 3 aliphatic rings. The number of rotatable bonds is 7. The molecule has 4 rings (SSSR count). The molecule has 9 nitrogen and oxygen atoms in total. The molecule has 1 spiro atoms. The molecule has 0 aliphatic carbocycles. The molecule has 0 radical (unpaired) electrons. The molecule has 1 aromatic carbocycles. The van der Waals surface area contributed by atoms with Crippen LogP contribution >= 0.6 is 0 Å². The SMILES string of the molecule is COc1cc(C)c(S(=O)(=O)N2CC(C)(C)OC[C@H]2COCC(=O)N2CCC3(CCOCC3)CC2)c(C)c1. The second-order valence-electron chi connectivity index (χ2n) is 11.4. The molecule has 0 aromatic heterocycles. The molecule has 3 fully saturated rings. The van der Waals surface area contributed by atoms with E-state index >= 15 is 0 Å². The first kappa shape index (κ1) is 28.3. The fraction of sp³-hybridized carbons (Fsp3) is 0.741. The van der Waals surface area contributed by atoms with Gasteiger partial charge in [0.15, 0.2) is 0 Å². The summed E-state index contributed by atoms with van der Waals surface area (Å²) in [5.74, 6) is 0.574. The number of hydrogen-bond donors (Lipinski definition) is 0. The summed E-state index contributed by atoms with van der Waals surface area (Å²) in [5.41, 5.74) is 0.933. The van der Waals surface area contributed by atoms with Crippen LogP contribution in [-0.4, -0.2) is 95.0 Å². The van der Waals surface area contributed by atoms with Crippen molar-refractivity contribution in [1.29, 1.82) is 0 Å². The highest BCUT2D eigenvalue weighted by atomic mass is 32.2. The smallest absolute Gasteiger partial charge is 0.248 e. The van der Waals surface area contributed by atoms with Crippen molar-refractivity contribution in [3.63, 3.8) is 0 Å². The van der Waals surface area contributed by atoms with E-state index in [4.69, 9.17) is 18.9 Å². The normalized spacial score (nSPS) is 24.2. The highest BCUT2D eigenvalue weighted by Gasteiger charge is 2.42. The van der Waals surface area contributed by atoms with Gasteiger partial charge in [-0.15, -0.1) is 0 Å². The van der Waals surface area contributed by atoms with Gasteiger partial charge < -0.3 is 23.8 Å². The van der Waals surface area contributed by atoms with Crippen LogP contribution < -0.4 is 4.74 Å². The van der Waals surface area contributed by atoms with Crippen LogP contribution in [0.5, 0.6) is 5.75 Å². The minimum atomic E-state index is -3.84. The maximum atomic E-state index is 13.9. The van der Waals surface area contributed by atoms with E-state index in [-0.39, 0.29) is 37.2 Å². The number of carbonyl (C=O) groups excluding carboxylic acids is 1. The van der Waals surface area contributed by atoms with Crippen LogP contribution in [0.15, 0.2) is 17.0 Å². The molecule has 3 aliphatic heterocycles. The zero-order valence-electron chi connectivity index (χ0n) is 22.9. The summed E-state index contributed by atoms with van der Waals surface area (Å²) in [6.07, 6.45) is 4.14. The second-order valence-corrected chi connectivity index (χ2v) is 13.2. The van der Waals surface area contributed by atoms with Crippen molar-refractivity contribution in [2.75, 3.05) is 59.8 Å². The van der Waals surface area contributed by atoms with Crippen LogP contribution in [0.3, 0.4) is 0 Å². The van der Waals surface area contributed by atoms with Crippen LogP contribution in [0.1, 0.15) is 50.7 Å². The first-order chi connectivity index (χ1) is 17.5. The van der Waals surface area contributed by atoms with E-state index in [0.29, 0.717) is 22.3 Å². The lowest BCUT2D eigenvalue weighted by Crippen LogP contribution is -2.57. The van der Waals surface area contributed by atoms with Crippen molar-refractivity contribution in [3.05, 3.63) is 23.3 Å². The number of nitrogens with zero attached hydrogens (tertiary/aromatic N) is 2. The minimum absolute atomic E-state index is 0.0461. The average molecular weight is 539 g/mol. The van der Waals surface area contributed by atoms with Crippen LogP contribution in [0.25, 0.3) is 0 Å². The largest absolute Gasteiger partial charge is 0.497 e. The molecule has 0 unspecified atom stereocenters. The predicted octanol–water partition coefficient (Wildman–Crippen LogP) is 2.92. The summed E-state index contributed by atoms with van der Waals surface area (Å²) in [4.78, 5) is 15.0. The van der Waals surface area contributed by atoms with Crippen molar-refractivity contribution >= 4 is 15.9 Å². The number of hydrogen-bond acceptors (Lipinski definition) is 7. The Labute approximate surface area is 221 Å². The number of amides is 1. The van der Waals surface area contributed by atoms with Gasteiger partial charge in [-0.1, -0.05) is 0 Å². The predicted molar refractivity (Wildman–Crippen MR) is 139 cm³/mol. The Hall–Kier alpha value is -1.72. The summed E-state index contributed by atoms with van der Waals surface area (Å²) in [5, 5.41) is 0. The number of likely N-dealkylation sites (tertiary alicyclic amines) is 1. The summed E-state index contributed by atoms with van der Waals surface area (Å²) in [7, 11) is -2.28. The summed E-state index contributed by atoms with van der Waals surface area (Å²) < 4.78 is 51.9. The van der Waals surface area contributed by atoms with Gasteiger partial charge in [-0.05, 0) is 82.1 Å². The zero-order valence-corrected chi connectivity index (χ0v) is 23.7. The van der Waals surface area contributed by atoms with E-state index in [9.17, 15) is 13.2 Å². The Morgan fingerprint density at radius 3 is 2.30 bits per heavy atom. The second kappa shape index (κ2) is 11.2. The third-order valence-electron chi connectivity index (χ3n) is 8.11. The lowest BCUT2D eigenvalue weighted by molar-refractivity contribution is -0.142. The minimum Gasteiger partial charge on any atom is -0.497 e. The Balaban J connectivity index is 1.40. The Bertz CT molecular complexity index is 1050. The Kier molecular flexibility index (Phi) is 8.55. The molecule has 0 bridgehead atoms. The lowest BCUT2D eigenvalue weighted by Gasteiger charge is -2.44. The maximum absolute atomic E-state index is 13.9. The summed E-state index contributed by atoms with van der Waals surface area (Å²) in [6, 6.07) is 2.94. The lowest BCUT2D eigenvalue weighted by atomic mass is 9.72. The molecule has 3 heterocycles. The third kappa shape index (κ3) is 6.30. The van der Waals surface area contributed by atoms with E-state index in [1.807, 2.05) is 18.7 Å². The van der Waals surface area contributed by atoms with Crippen molar-refractivity contribution in [2.24, 2.45) is 5.41 Å². The fourth-order valence-corrected chi connectivity index (χ4v) is 7.99. The van der Waals surface area contributed by atoms with Crippen LogP contribution in [0.2, 0.25) is 0 Å². The number of aryl methyl sites for hydroxylation is 2. The van der Waals surface area contributed by atoms with Gasteiger partial charge in [-0.2, -0.15) is 4.31 Å². The highest BCUT2D eigenvalue weighted by molar-refractivity contribution is 7.89. The van der Waals surface area contributed by atoms with Crippen LogP contribution in [0.4, 0.5) is 0 Å². The van der Waals surface area contributed by atoms with Crippen molar-refractivity contribution < 1.29 is 32.2 Å². The van der Waals surface area contributed by atoms with Gasteiger partial charge in [0.2, 0.25) is 15.9 Å². The molecule has 1 amide bonds. The number of sulfonamides is 1. The number of piperidine rings is 1. The number of methoxy groups -OCH3 is 1. The molecule has 1 aromatic rings. The van der Waals surface area contributed by atoms with Crippen molar-refractivity contribution in [2.45, 2.75) is 69.9 Å². The summed E-state index contributed by atoms with van der Waals surface area (Å²) in [6.45, 7) is 10.8. The highest BCUT2D eigenvalue weighted by Crippen LogP contribution is 2.40. The van der Waals surface area contributed by atoms with E-state index in [0.717, 1.165) is 52.0 Å². The van der Waals surface area contributed by atoms with Gasteiger partial charge in [-0.3, -0.25) is 4.79 Å².